The normalized spacial score (nSPS) is 23.8. The zero-order valence-corrected chi connectivity index (χ0v) is 17.3. The zero-order valence-electron chi connectivity index (χ0n) is 16.5. The number of halogens is 1. The largest absolute Gasteiger partial charge is 0.342 e. The second-order valence-corrected chi connectivity index (χ2v) is 10.8. The van der Waals surface area contributed by atoms with Crippen molar-refractivity contribution in [2.24, 2.45) is 11.3 Å². The Morgan fingerprint density at radius 1 is 1.11 bits per heavy atom. The molecule has 3 fully saturated rings. The number of piperidine rings is 1. The molecule has 7 heteroatoms. The number of amides is 1. The lowest BCUT2D eigenvalue weighted by Crippen LogP contribution is -2.43. The summed E-state index contributed by atoms with van der Waals surface area (Å²) < 4.78 is 41.0. The number of aryl methyl sites for hydroxylation is 1. The smallest absolute Gasteiger partial charge is 0.243 e. The Kier molecular flexibility index (Phi) is 5.25. The van der Waals surface area contributed by atoms with Gasteiger partial charge in [0.15, 0.2) is 0 Å². The van der Waals surface area contributed by atoms with Gasteiger partial charge < -0.3 is 4.90 Å². The van der Waals surface area contributed by atoms with Crippen molar-refractivity contribution in [1.29, 1.82) is 0 Å². The number of hydrogen-bond acceptors (Lipinski definition) is 3. The molecular weight excluding hydrogens is 379 g/mol. The van der Waals surface area contributed by atoms with E-state index in [0.717, 1.165) is 38.8 Å². The summed E-state index contributed by atoms with van der Waals surface area (Å²) in [7, 11) is -3.61. The van der Waals surface area contributed by atoms with E-state index in [9.17, 15) is 17.6 Å². The summed E-state index contributed by atoms with van der Waals surface area (Å²) in [5.74, 6) is 0.570. The molecule has 28 heavy (non-hydrogen) atoms. The van der Waals surface area contributed by atoms with Crippen LogP contribution >= 0.6 is 0 Å². The quantitative estimate of drug-likeness (QED) is 0.768. The molecule has 154 valence electrons. The van der Waals surface area contributed by atoms with Crippen molar-refractivity contribution >= 4 is 15.9 Å². The van der Waals surface area contributed by atoms with Gasteiger partial charge in [-0.2, -0.15) is 4.31 Å². The number of benzene rings is 1. The third-order valence-electron chi connectivity index (χ3n) is 6.86. The first kappa shape index (κ1) is 19.8. The van der Waals surface area contributed by atoms with Crippen LogP contribution in [0.3, 0.4) is 0 Å². The van der Waals surface area contributed by atoms with E-state index in [1.165, 1.54) is 35.3 Å². The molecule has 0 N–H and O–H groups in total. The number of likely N-dealkylation sites (tertiary alicyclic amines) is 1. The predicted molar refractivity (Wildman–Crippen MR) is 105 cm³/mol. The average molecular weight is 409 g/mol. The van der Waals surface area contributed by atoms with Crippen molar-refractivity contribution in [2.75, 3.05) is 26.2 Å². The van der Waals surface area contributed by atoms with Gasteiger partial charge in [-0.05, 0) is 80.5 Å². The molecule has 0 atom stereocenters. The van der Waals surface area contributed by atoms with E-state index in [2.05, 4.69) is 0 Å². The van der Waals surface area contributed by atoms with Crippen LogP contribution in [0.2, 0.25) is 0 Å². The number of hydrogen-bond donors (Lipinski definition) is 0. The topological polar surface area (TPSA) is 57.7 Å². The predicted octanol–water partition coefficient (Wildman–Crippen LogP) is 3.33. The molecule has 1 aliphatic carbocycles. The Hall–Kier alpha value is -1.47. The van der Waals surface area contributed by atoms with Gasteiger partial charge in [0.05, 0.1) is 4.90 Å². The number of carbonyl (C=O) groups is 1. The van der Waals surface area contributed by atoms with Crippen LogP contribution in [0.4, 0.5) is 4.39 Å². The van der Waals surface area contributed by atoms with Crippen LogP contribution in [-0.4, -0.2) is 49.7 Å². The Morgan fingerprint density at radius 3 is 2.43 bits per heavy atom. The highest BCUT2D eigenvalue weighted by Gasteiger charge is 2.41. The molecule has 4 rings (SSSR count). The van der Waals surface area contributed by atoms with E-state index in [4.69, 9.17) is 0 Å². The molecule has 1 aromatic rings. The second-order valence-electron chi connectivity index (χ2n) is 8.85. The van der Waals surface area contributed by atoms with Crippen LogP contribution in [0.1, 0.15) is 50.5 Å². The average Bonchev–Trinajstić information content (AvgIpc) is 3.50. The molecular formula is C21H29FN2O3S. The monoisotopic (exact) mass is 408 g/mol. The van der Waals surface area contributed by atoms with E-state index in [1.54, 1.807) is 6.92 Å². The Morgan fingerprint density at radius 2 is 1.79 bits per heavy atom. The van der Waals surface area contributed by atoms with Gasteiger partial charge in [-0.25, -0.2) is 12.8 Å². The summed E-state index contributed by atoms with van der Waals surface area (Å²) in [6, 6.07) is 3.98. The molecule has 1 aromatic carbocycles. The number of rotatable bonds is 4. The third-order valence-corrected chi connectivity index (χ3v) is 8.75. The van der Waals surface area contributed by atoms with E-state index < -0.39 is 15.8 Å². The van der Waals surface area contributed by atoms with Gasteiger partial charge in [0.1, 0.15) is 5.82 Å². The highest BCUT2D eigenvalue weighted by atomic mass is 32.2. The SMILES string of the molecule is Cc1cc(S(=O)(=O)N2CCC3(CCC(=O)N(CC4CC4)CC3)CC2)ccc1F. The van der Waals surface area contributed by atoms with Crippen molar-refractivity contribution < 1.29 is 17.6 Å². The fourth-order valence-electron chi connectivity index (χ4n) is 4.58. The summed E-state index contributed by atoms with van der Waals surface area (Å²) in [5.41, 5.74) is 0.409. The van der Waals surface area contributed by atoms with Crippen molar-refractivity contribution in [3.63, 3.8) is 0 Å². The van der Waals surface area contributed by atoms with Gasteiger partial charge in [-0.15, -0.1) is 0 Å². The number of carbonyl (C=O) groups excluding carboxylic acids is 1. The molecule has 5 nitrogen and oxygen atoms in total. The molecule has 2 saturated heterocycles. The minimum absolute atomic E-state index is 0.0681. The molecule has 3 aliphatic rings. The van der Waals surface area contributed by atoms with Crippen molar-refractivity contribution in [3.05, 3.63) is 29.6 Å². The first-order valence-corrected chi connectivity index (χ1v) is 11.8. The van der Waals surface area contributed by atoms with Gasteiger partial charge in [0, 0.05) is 32.6 Å². The van der Waals surface area contributed by atoms with Crippen LogP contribution in [0.15, 0.2) is 23.1 Å². The third kappa shape index (κ3) is 3.96. The van der Waals surface area contributed by atoms with Crippen LogP contribution in [0, 0.1) is 24.1 Å². The molecule has 0 bridgehead atoms. The standard InChI is InChI=1S/C21H29FN2O3S/c1-16-14-18(4-5-19(16)22)28(26,27)24-12-9-21(10-13-24)7-6-20(25)23(11-8-21)15-17-2-3-17/h4-5,14,17H,2-3,6-13,15H2,1H3. The van der Waals surface area contributed by atoms with Crippen LogP contribution in [0.5, 0.6) is 0 Å². The molecule has 2 aliphatic heterocycles. The molecule has 0 aromatic heterocycles. The molecule has 1 spiro atoms. The molecule has 1 saturated carbocycles. The van der Waals surface area contributed by atoms with Crippen molar-refractivity contribution in [1.82, 2.24) is 9.21 Å². The Bertz CT molecular complexity index is 858. The van der Waals surface area contributed by atoms with Crippen molar-refractivity contribution in [2.45, 2.75) is 56.8 Å². The van der Waals surface area contributed by atoms with Crippen molar-refractivity contribution in [3.8, 4) is 0 Å². The second kappa shape index (κ2) is 7.41. The highest BCUT2D eigenvalue weighted by Crippen LogP contribution is 2.43. The maximum absolute atomic E-state index is 13.5. The lowest BCUT2D eigenvalue weighted by molar-refractivity contribution is -0.130. The van der Waals surface area contributed by atoms with E-state index in [-0.39, 0.29) is 16.2 Å². The molecule has 1 amide bonds. The summed E-state index contributed by atoms with van der Waals surface area (Å²) >= 11 is 0. The van der Waals surface area contributed by atoms with E-state index >= 15 is 0 Å². The van der Waals surface area contributed by atoms with Gasteiger partial charge in [0.2, 0.25) is 15.9 Å². The van der Waals surface area contributed by atoms with Crippen LogP contribution < -0.4 is 0 Å². The lowest BCUT2D eigenvalue weighted by Gasteiger charge is -2.40. The number of nitrogens with zero attached hydrogens (tertiary/aromatic N) is 2. The summed E-state index contributed by atoms with van der Waals surface area (Å²) in [5, 5.41) is 0. The number of sulfonamides is 1. The minimum atomic E-state index is -3.61. The molecule has 0 unspecified atom stereocenters. The molecule has 0 radical (unpaired) electrons. The summed E-state index contributed by atoms with van der Waals surface area (Å²) in [6.45, 7) is 4.22. The highest BCUT2D eigenvalue weighted by molar-refractivity contribution is 7.89. The Labute approximate surface area is 166 Å². The van der Waals surface area contributed by atoms with Gasteiger partial charge >= 0.3 is 0 Å². The first-order chi connectivity index (χ1) is 13.3. The fraction of sp³-hybridized carbons (Fsp3) is 0.667. The van der Waals surface area contributed by atoms with Crippen LogP contribution in [0.25, 0.3) is 0 Å². The fourth-order valence-corrected chi connectivity index (χ4v) is 6.11. The van der Waals surface area contributed by atoms with E-state index in [0.29, 0.717) is 31.0 Å². The summed E-state index contributed by atoms with van der Waals surface area (Å²) in [6.07, 6.45) is 6.46. The van der Waals surface area contributed by atoms with Gasteiger partial charge in [-0.1, -0.05) is 0 Å². The maximum Gasteiger partial charge on any atom is 0.243 e. The zero-order chi connectivity index (χ0) is 19.9. The van der Waals surface area contributed by atoms with Gasteiger partial charge in [-0.3, -0.25) is 4.79 Å². The van der Waals surface area contributed by atoms with Gasteiger partial charge in [0.25, 0.3) is 0 Å². The lowest BCUT2D eigenvalue weighted by atomic mass is 9.73. The Balaban J connectivity index is 1.42. The first-order valence-electron chi connectivity index (χ1n) is 10.3. The van der Waals surface area contributed by atoms with E-state index in [1.807, 2.05) is 4.90 Å². The minimum Gasteiger partial charge on any atom is -0.342 e. The summed E-state index contributed by atoms with van der Waals surface area (Å²) in [4.78, 5) is 14.7. The molecule has 2 heterocycles. The van der Waals surface area contributed by atoms with Crippen LogP contribution in [-0.2, 0) is 14.8 Å². The maximum atomic E-state index is 13.5.